The molecule has 0 radical (unpaired) electrons. The van der Waals surface area contributed by atoms with Gasteiger partial charge in [-0.05, 0) is 51.3 Å². The van der Waals surface area contributed by atoms with Gasteiger partial charge in [0.15, 0.2) is 0 Å². The van der Waals surface area contributed by atoms with Crippen molar-refractivity contribution in [3.05, 3.63) is 23.8 Å². The van der Waals surface area contributed by atoms with Crippen LogP contribution in [0.5, 0.6) is 0 Å². The van der Waals surface area contributed by atoms with Crippen LogP contribution in [0.3, 0.4) is 0 Å². The summed E-state index contributed by atoms with van der Waals surface area (Å²) < 4.78 is 4.88. The van der Waals surface area contributed by atoms with Gasteiger partial charge in [-0.1, -0.05) is 0 Å². The Kier molecular flexibility index (Phi) is 7.90. The highest BCUT2D eigenvalue weighted by Gasteiger charge is 2.34. The van der Waals surface area contributed by atoms with Gasteiger partial charge in [0.05, 0.1) is 5.56 Å². The first-order valence-corrected chi connectivity index (χ1v) is 11.2. The fraction of sp³-hybridized carbons (Fsp3) is 0.609. The van der Waals surface area contributed by atoms with Crippen molar-refractivity contribution in [3.63, 3.8) is 0 Å². The molecule has 2 aliphatic rings. The first kappa shape index (κ1) is 23.1. The number of benzene rings is 1. The standard InChI is InChI=1S/C23H34N4O4/c1-4-25(5-2)23(30)19-15-18(24-21(28)16-31-3)9-10-20(19)26-11-6-12-27(14-13-26)22(29)17-7-8-17/h9-10,15,17H,4-8,11-14,16H2,1-3H3,(H,24,28). The van der Waals surface area contributed by atoms with Gasteiger partial charge < -0.3 is 24.8 Å². The molecule has 1 aromatic carbocycles. The van der Waals surface area contributed by atoms with Crippen molar-refractivity contribution in [2.75, 3.05) is 63.2 Å². The third-order valence-corrected chi connectivity index (χ3v) is 5.91. The van der Waals surface area contributed by atoms with Crippen molar-refractivity contribution in [1.82, 2.24) is 9.80 Å². The first-order valence-electron chi connectivity index (χ1n) is 11.2. The van der Waals surface area contributed by atoms with Gasteiger partial charge in [-0.2, -0.15) is 0 Å². The molecule has 1 aliphatic heterocycles. The van der Waals surface area contributed by atoms with Gasteiger partial charge in [0.1, 0.15) is 6.61 Å². The molecule has 3 rings (SSSR count). The molecule has 8 heteroatoms. The zero-order valence-corrected chi connectivity index (χ0v) is 18.9. The van der Waals surface area contributed by atoms with Crippen molar-refractivity contribution >= 4 is 29.1 Å². The molecule has 1 heterocycles. The highest BCUT2D eigenvalue weighted by atomic mass is 16.5. The highest BCUT2D eigenvalue weighted by molar-refractivity contribution is 6.02. The lowest BCUT2D eigenvalue weighted by atomic mass is 10.1. The van der Waals surface area contributed by atoms with E-state index in [9.17, 15) is 14.4 Å². The van der Waals surface area contributed by atoms with E-state index in [1.54, 1.807) is 11.0 Å². The Morgan fingerprint density at radius 2 is 1.84 bits per heavy atom. The number of carbonyl (C=O) groups excluding carboxylic acids is 3. The summed E-state index contributed by atoms with van der Waals surface area (Å²) in [5.41, 5.74) is 1.99. The van der Waals surface area contributed by atoms with Crippen LogP contribution in [0.15, 0.2) is 18.2 Å². The Hall–Kier alpha value is -2.61. The third-order valence-electron chi connectivity index (χ3n) is 5.91. The summed E-state index contributed by atoms with van der Waals surface area (Å²) >= 11 is 0. The summed E-state index contributed by atoms with van der Waals surface area (Å²) in [6.07, 6.45) is 2.89. The molecule has 1 aromatic rings. The molecule has 0 spiro atoms. The van der Waals surface area contributed by atoms with Crippen molar-refractivity contribution in [2.24, 2.45) is 5.92 Å². The Balaban J connectivity index is 1.84. The molecule has 1 saturated heterocycles. The molecule has 1 saturated carbocycles. The van der Waals surface area contributed by atoms with Crippen LogP contribution in [0.1, 0.15) is 43.5 Å². The minimum Gasteiger partial charge on any atom is -0.375 e. The van der Waals surface area contributed by atoms with E-state index in [1.165, 1.54) is 7.11 Å². The van der Waals surface area contributed by atoms with Crippen LogP contribution >= 0.6 is 0 Å². The molecule has 1 aliphatic carbocycles. The summed E-state index contributed by atoms with van der Waals surface area (Å²) in [7, 11) is 1.47. The lowest BCUT2D eigenvalue weighted by Gasteiger charge is -2.28. The number of hydrogen-bond donors (Lipinski definition) is 1. The average Bonchev–Trinajstić information content (AvgIpc) is 3.61. The van der Waals surface area contributed by atoms with E-state index in [4.69, 9.17) is 4.74 Å². The monoisotopic (exact) mass is 430 g/mol. The van der Waals surface area contributed by atoms with Gasteiger partial charge in [0, 0.05) is 63.7 Å². The van der Waals surface area contributed by atoms with E-state index in [1.807, 2.05) is 30.9 Å². The Morgan fingerprint density at radius 1 is 1.10 bits per heavy atom. The number of nitrogens with one attached hydrogen (secondary N) is 1. The molecule has 3 amide bonds. The zero-order chi connectivity index (χ0) is 22.4. The first-order chi connectivity index (χ1) is 15.0. The van der Waals surface area contributed by atoms with Gasteiger partial charge in [-0.3, -0.25) is 14.4 Å². The maximum absolute atomic E-state index is 13.3. The van der Waals surface area contributed by atoms with Crippen LogP contribution < -0.4 is 10.2 Å². The van der Waals surface area contributed by atoms with E-state index in [0.717, 1.165) is 38.0 Å². The summed E-state index contributed by atoms with van der Waals surface area (Å²) in [5, 5.41) is 2.79. The van der Waals surface area contributed by atoms with Crippen LogP contribution in [-0.2, 0) is 14.3 Å². The van der Waals surface area contributed by atoms with Crippen molar-refractivity contribution in [1.29, 1.82) is 0 Å². The molecular weight excluding hydrogens is 396 g/mol. The van der Waals surface area contributed by atoms with E-state index in [0.29, 0.717) is 37.4 Å². The molecule has 31 heavy (non-hydrogen) atoms. The predicted octanol–water partition coefficient (Wildman–Crippen LogP) is 2.20. The molecule has 0 bridgehead atoms. The third kappa shape index (κ3) is 5.76. The Bertz CT molecular complexity index is 805. The number of ether oxygens (including phenoxy) is 1. The van der Waals surface area contributed by atoms with Gasteiger partial charge in [-0.15, -0.1) is 0 Å². The van der Waals surface area contributed by atoms with Crippen LogP contribution in [-0.4, -0.2) is 80.5 Å². The van der Waals surface area contributed by atoms with Crippen molar-refractivity contribution < 1.29 is 19.1 Å². The second-order valence-electron chi connectivity index (χ2n) is 8.13. The number of hydrogen-bond acceptors (Lipinski definition) is 5. The molecule has 1 N–H and O–H groups in total. The fourth-order valence-electron chi connectivity index (χ4n) is 4.04. The van der Waals surface area contributed by atoms with Gasteiger partial charge in [-0.25, -0.2) is 0 Å². The summed E-state index contributed by atoms with van der Waals surface area (Å²) in [6, 6.07) is 5.47. The van der Waals surface area contributed by atoms with Gasteiger partial charge >= 0.3 is 0 Å². The quantitative estimate of drug-likeness (QED) is 0.684. The van der Waals surface area contributed by atoms with Crippen LogP contribution in [0.4, 0.5) is 11.4 Å². The van der Waals surface area contributed by atoms with E-state index in [2.05, 4.69) is 10.2 Å². The normalized spacial score (nSPS) is 16.6. The van der Waals surface area contributed by atoms with Crippen molar-refractivity contribution in [2.45, 2.75) is 33.1 Å². The Morgan fingerprint density at radius 3 is 2.48 bits per heavy atom. The smallest absolute Gasteiger partial charge is 0.256 e. The molecule has 8 nitrogen and oxygen atoms in total. The molecule has 0 unspecified atom stereocenters. The zero-order valence-electron chi connectivity index (χ0n) is 18.9. The van der Waals surface area contributed by atoms with Crippen LogP contribution in [0.2, 0.25) is 0 Å². The largest absolute Gasteiger partial charge is 0.375 e. The maximum atomic E-state index is 13.3. The summed E-state index contributed by atoms with van der Waals surface area (Å²) in [5.74, 6) is 0.178. The minimum atomic E-state index is -0.263. The Labute approximate surface area is 184 Å². The highest BCUT2D eigenvalue weighted by Crippen LogP contribution is 2.32. The molecule has 2 fully saturated rings. The minimum absolute atomic E-state index is 0.0436. The molecule has 0 aromatic heterocycles. The number of anilines is 2. The maximum Gasteiger partial charge on any atom is 0.256 e. The van der Waals surface area contributed by atoms with E-state index in [-0.39, 0.29) is 30.2 Å². The number of amides is 3. The fourth-order valence-corrected chi connectivity index (χ4v) is 4.04. The number of rotatable bonds is 8. The molecule has 170 valence electrons. The SMILES string of the molecule is CCN(CC)C(=O)c1cc(NC(=O)COC)ccc1N1CCCN(C(=O)C2CC2)CC1. The summed E-state index contributed by atoms with van der Waals surface area (Å²) in [4.78, 5) is 43.7. The second kappa shape index (κ2) is 10.6. The number of carbonyl (C=O) groups is 3. The predicted molar refractivity (Wildman–Crippen MR) is 120 cm³/mol. The van der Waals surface area contributed by atoms with Gasteiger partial charge in [0.2, 0.25) is 11.8 Å². The van der Waals surface area contributed by atoms with E-state index < -0.39 is 0 Å². The number of nitrogens with zero attached hydrogens (tertiary/aromatic N) is 3. The van der Waals surface area contributed by atoms with Crippen LogP contribution in [0.25, 0.3) is 0 Å². The molecule has 0 atom stereocenters. The average molecular weight is 431 g/mol. The van der Waals surface area contributed by atoms with Crippen LogP contribution in [0, 0.1) is 5.92 Å². The number of methoxy groups -OCH3 is 1. The second-order valence-corrected chi connectivity index (χ2v) is 8.13. The lowest BCUT2D eigenvalue weighted by molar-refractivity contribution is -0.132. The summed E-state index contributed by atoms with van der Waals surface area (Å²) in [6.45, 7) is 7.98. The van der Waals surface area contributed by atoms with Crippen molar-refractivity contribution in [3.8, 4) is 0 Å². The van der Waals surface area contributed by atoms with Gasteiger partial charge in [0.25, 0.3) is 5.91 Å². The molecular formula is C23H34N4O4. The van der Waals surface area contributed by atoms with E-state index >= 15 is 0 Å². The topological polar surface area (TPSA) is 82.2 Å². The lowest BCUT2D eigenvalue weighted by Crippen LogP contribution is -2.37.